The lowest BCUT2D eigenvalue weighted by atomic mass is 10.2. The number of non-ortho nitro benzene ring substituents is 1. The Morgan fingerprint density at radius 1 is 1.38 bits per heavy atom. The van der Waals surface area contributed by atoms with E-state index in [0.29, 0.717) is 12.2 Å². The molecule has 0 radical (unpaired) electrons. The third kappa shape index (κ3) is 4.75. The van der Waals surface area contributed by atoms with Gasteiger partial charge < -0.3 is 15.3 Å². The maximum absolute atomic E-state index is 12.0. The maximum atomic E-state index is 12.0. The van der Waals surface area contributed by atoms with Gasteiger partial charge in [-0.3, -0.25) is 14.9 Å². The average Bonchev–Trinajstić information content (AvgIpc) is 2.44. The van der Waals surface area contributed by atoms with Crippen LogP contribution in [0.5, 0.6) is 0 Å². The number of amides is 2. The zero-order chi connectivity index (χ0) is 16.0. The number of nitro groups is 1. The van der Waals surface area contributed by atoms with E-state index < -0.39 is 22.8 Å². The van der Waals surface area contributed by atoms with Crippen LogP contribution in [0.25, 0.3) is 0 Å². The number of rotatable bonds is 6. The molecular weight excluding hydrogens is 278 g/mol. The van der Waals surface area contributed by atoms with Gasteiger partial charge in [-0.2, -0.15) is 0 Å². The molecule has 1 aromatic rings. The van der Waals surface area contributed by atoms with Crippen LogP contribution in [0.4, 0.5) is 16.2 Å². The van der Waals surface area contributed by atoms with Crippen LogP contribution in [-0.4, -0.2) is 40.0 Å². The highest BCUT2D eigenvalue weighted by Gasteiger charge is 2.19. The smallest absolute Gasteiger partial charge is 0.321 e. The second kappa shape index (κ2) is 7.22. The minimum atomic E-state index is -0.975. The highest BCUT2D eigenvalue weighted by molar-refractivity contribution is 5.89. The van der Waals surface area contributed by atoms with E-state index in [1.807, 2.05) is 0 Å². The third-order valence-electron chi connectivity index (χ3n) is 2.91. The van der Waals surface area contributed by atoms with Gasteiger partial charge in [-0.1, -0.05) is 6.92 Å². The highest BCUT2D eigenvalue weighted by atomic mass is 16.6. The number of nitrogens with one attached hydrogen (secondary N) is 1. The molecule has 2 amide bonds. The fraction of sp³-hybridized carbons (Fsp3) is 0.385. The summed E-state index contributed by atoms with van der Waals surface area (Å²) in [5, 5.41) is 22.0. The van der Waals surface area contributed by atoms with E-state index in [1.165, 1.54) is 36.1 Å². The average molecular weight is 295 g/mol. The van der Waals surface area contributed by atoms with Gasteiger partial charge in [0.05, 0.1) is 10.8 Å². The number of urea groups is 1. The van der Waals surface area contributed by atoms with Crippen LogP contribution < -0.4 is 5.32 Å². The van der Waals surface area contributed by atoms with Gasteiger partial charge in [-0.25, -0.2) is 4.79 Å². The van der Waals surface area contributed by atoms with Gasteiger partial charge in [0, 0.05) is 30.9 Å². The van der Waals surface area contributed by atoms with Crippen molar-refractivity contribution < 1.29 is 19.6 Å². The molecule has 2 N–H and O–H groups in total. The summed E-state index contributed by atoms with van der Waals surface area (Å²) in [4.78, 5) is 34.2. The molecule has 1 atom stereocenters. The molecule has 0 bridgehead atoms. The summed E-state index contributed by atoms with van der Waals surface area (Å²) in [6.45, 7) is 3.70. The van der Waals surface area contributed by atoms with Crippen molar-refractivity contribution in [2.24, 2.45) is 5.92 Å². The normalized spacial score (nSPS) is 11.5. The number of nitro benzene ring substituents is 1. The Kier molecular flexibility index (Phi) is 5.65. The van der Waals surface area contributed by atoms with Gasteiger partial charge in [0.2, 0.25) is 0 Å². The molecule has 0 aromatic heterocycles. The number of benzene rings is 1. The van der Waals surface area contributed by atoms with Crippen LogP contribution in [0.1, 0.15) is 13.8 Å². The molecule has 1 rings (SSSR count). The molecule has 0 heterocycles. The Morgan fingerprint density at radius 3 is 2.38 bits per heavy atom. The van der Waals surface area contributed by atoms with Crippen LogP contribution in [0, 0.1) is 16.0 Å². The predicted molar refractivity (Wildman–Crippen MR) is 76.2 cm³/mol. The summed E-state index contributed by atoms with van der Waals surface area (Å²) in [5.41, 5.74) is 0.340. The number of hydrogen-bond donors (Lipinski definition) is 2. The molecule has 8 heteroatoms. The fourth-order valence-electron chi connectivity index (χ4n) is 1.63. The predicted octanol–water partition coefficient (Wildman–Crippen LogP) is 2.17. The molecule has 0 saturated carbocycles. The van der Waals surface area contributed by atoms with Crippen molar-refractivity contribution in [3.8, 4) is 0 Å². The van der Waals surface area contributed by atoms with Gasteiger partial charge >= 0.3 is 12.0 Å². The van der Waals surface area contributed by atoms with Crippen molar-refractivity contribution in [1.82, 2.24) is 4.90 Å². The first-order valence-corrected chi connectivity index (χ1v) is 6.38. The molecule has 0 saturated heterocycles. The molecule has 8 nitrogen and oxygen atoms in total. The Balaban J connectivity index is 2.69. The maximum Gasteiger partial charge on any atom is 0.321 e. The SMILES string of the molecule is CCN(CC(C)C(=O)O)C(=O)Nc1ccc([N+](=O)[O-])cc1. The number of carbonyl (C=O) groups excluding carboxylic acids is 1. The first-order chi connectivity index (χ1) is 9.85. The molecule has 0 spiro atoms. The van der Waals surface area contributed by atoms with Crippen LogP contribution in [0.15, 0.2) is 24.3 Å². The second-order valence-corrected chi connectivity index (χ2v) is 4.51. The molecule has 0 aliphatic rings. The summed E-state index contributed by atoms with van der Waals surface area (Å²) in [7, 11) is 0. The van der Waals surface area contributed by atoms with E-state index in [0.717, 1.165) is 0 Å². The highest BCUT2D eigenvalue weighted by Crippen LogP contribution is 2.16. The van der Waals surface area contributed by atoms with E-state index in [9.17, 15) is 19.7 Å². The van der Waals surface area contributed by atoms with Gasteiger partial charge in [0.25, 0.3) is 5.69 Å². The number of aliphatic carboxylic acids is 1. The monoisotopic (exact) mass is 295 g/mol. The van der Waals surface area contributed by atoms with Gasteiger partial charge in [0.15, 0.2) is 0 Å². The zero-order valence-electron chi connectivity index (χ0n) is 11.8. The van der Waals surface area contributed by atoms with Crippen LogP contribution in [0.2, 0.25) is 0 Å². The molecular formula is C13H17N3O5. The summed E-state index contributed by atoms with van der Waals surface area (Å²) in [6, 6.07) is 4.96. The van der Waals surface area contributed by atoms with Crippen molar-refractivity contribution in [1.29, 1.82) is 0 Å². The van der Waals surface area contributed by atoms with Crippen LogP contribution in [0.3, 0.4) is 0 Å². The van der Waals surface area contributed by atoms with E-state index >= 15 is 0 Å². The minimum absolute atomic E-state index is 0.0696. The standard InChI is InChI=1S/C13H17N3O5/c1-3-15(8-9(2)12(17)18)13(19)14-10-4-6-11(7-5-10)16(20)21/h4-7,9H,3,8H2,1-2H3,(H,14,19)(H,17,18). The van der Waals surface area contributed by atoms with Crippen LogP contribution >= 0.6 is 0 Å². The Hall–Kier alpha value is -2.64. The molecule has 1 unspecified atom stereocenters. The van der Waals surface area contributed by atoms with Crippen LogP contribution in [-0.2, 0) is 4.79 Å². The largest absolute Gasteiger partial charge is 0.481 e. The van der Waals surface area contributed by atoms with Crippen molar-refractivity contribution >= 4 is 23.4 Å². The zero-order valence-corrected chi connectivity index (χ0v) is 11.8. The van der Waals surface area contributed by atoms with Crippen molar-refractivity contribution in [2.45, 2.75) is 13.8 Å². The third-order valence-corrected chi connectivity index (χ3v) is 2.91. The quantitative estimate of drug-likeness (QED) is 0.616. The molecule has 0 aliphatic carbocycles. The van der Waals surface area contributed by atoms with Crippen molar-refractivity contribution in [3.05, 3.63) is 34.4 Å². The molecule has 21 heavy (non-hydrogen) atoms. The van der Waals surface area contributed by atoms with Crippen molar-refractivity contribution in [2.75, 3.05) is 18.4 Å². The number of carboxylic acids is 1. The number of carboxylic acid groups (broad SMARTS) is 1. The lowest BCUT2D eigenvalue weighted by Crippen LogP contribution is -2.39. The lowest BCUT2D eigenvalue weighted by molar-refractivity contribution is -0.384. The summed E-state index contributed by atoms with van der Waals surface area (Å²) in [5.74, 6) is -1.65. The van der Waals surface area contributed by atoms with Gasteiger partial charge in [-0.05, 0) is 19.1 Å². The Labute approximate surface area is 121 Å². The Bertz CT molecular complexity index is 529. The van der Waals surface area contributed by atoms with E-state index in [4.69, 9.17) is 5.11 Å². The summed E-state index contributed by atoms with van der Waals surface area (Å²) in [6.07, 6.45) is 0. The minimum Gasteiger partial charge on any atom is -0.481 e. The molecule has 1 aromatic carbocycles. The van der Waals surface area contributed by atoms with Crippen molar-refractivity contribution in [3.63, 3.8) is 0 Å². The Morgan fingerprint density at radius 2 is 1.95 bits per heavy atom. The fourth-order valence-corrected chi connectivity index (χ4v) is 1.63. The van der Waals surface area contributed by atoms with E-state index in [2.05, 4.69) is 5.32 Å². The lowest BCUT2D eigenvalue weighted by Gasteiger charge is -2.23. The number of anilines is 1. The second-order valence-electron chi connectivity index (χ2n) is 4.51. The molecule has 0 aliphatic heterocycles. The van der Waals surface area contributed by atoms with E-state index in [1.54, 1.807) is 6.92 Å². The first-order valence-electron chi connectivity index (χ1n) is 6.38. The first kappa shape index (κ1) is 16.4. The molecule has 114 valence electrons. The van der Waals surface area contributed by atoms with Gasteiger partial charge in [0.1, 0.15) is 0 Å². The number of hydrogen-bond acceptors (Lipinski definition) is 4. The summed E-state index contributed by atoms with van der Waals surface area (Å²) >= 11 is 0. The number of nitrogens with zero attached hydrogens (tertiary/aromatic N) is 2. The summed E-state index contributed by atoms with van der Waals surface area (Å²) < 4.78 is 0. The van der Waals surface area contributed by atoms with E-state index in [-0.39, 0.29) is 12.2 Å². The topological polar surface area (TPSA) is 113 Å². The number of carbonyl (C=O) groups is 2. The molecule has 0 fully saturated rings. The van der Waals surface area contributed by atoms with Gasteiger partial charge in [-0.15, -0.1) is 0 Å².